The first-order valence-corrected chi connectivity index (χ1v) is 6.80. The fraction of sp³-hybridized carbons (Fsp3) is 0.600. The van der Waals surface area contributed by atoms with Gasteiger partial charge in [-0.05, 0) is 26.1 Å². The Labute approximate surface area is 114 Å². The zero-order valence-corrected chi connectivity index (χ0v) is 11.9. The van der Waals surface area contributed by atoms with Crippen LogP contribution in [0.15, 0.2) is 24.3 Å². The highest BCUT2D eigenvalue weighted by atomic mass is 19.1. The van der Waals surface area contributed by atoms with Gasteiger partial charge in [0.2, 0.25) is 0 Å². The molecule has 4 heteroatoms. The van der Waals surface area contributed by atoms with E-state index in [1.165, 1.54) is 6.07 Å². The van der Waals surface area contributed by atoms with Gasteiger partial charge in [-0.15, -0.1) is 0 Å². The summed E-state index contributed by atoms with van der Waals surface area (Å²) in [5, 5.41) is 10.2. The summed E-state index contributed by atoms with van der Waals surface area (Å²) in [4.78, 5) is 4.44. The summed E-state index contributed by atoms with van der Waals surface area (Å²) in [5.74, 6) is 0.245. The van der Waals surface area contributed by atoms with Crippen LogP contribution >= 0.6 is 0 Å². The van der Waals surface area contributed by atoms with Crippen LogP contribution in [-0.2, 0) is 0 Å². The molecule has 2 rings (SSSR count). The number of halogens is 1. The van der Waals surface area contributed by atoms with Crippen molar-refractivity contribution in [2.45, 2.75) is 19.1 Å². The normalized spacial score (nSPS) is 26.0. The van der Waals surface area contributed by atoms with E-state index in [9.17, 15) is 9.50 Å². The maximum Gasteiger partial charge on any atom is 0.129 e. The van der Waals surface area contributed by atoms with E-state index >= 15 is 0 Å². The summed E-state index contributed by atoms with van der Waals surface area (Å²) >= 11 is 0. The van der Waals surface area contributed by atoms with Crippen molar-refractivity contribution in [3.05, 3.63) is 35.6 Å². The second-order valence-corrected chi connectivity index (χ2v) is 5.76. The molecule has 0 amide bonds. The number of nitrogens with zero attached hydrogens (tertiary/aromatic N) is 2. The first kappa shape index (κ1) is 14.4. The molecule has 1 aliphatic heterocycles. The van der Waals surface area contributed by atoms with Gasteiger partial charge >= 0.3 is 0 Å². The summed E-state index contributed by atoms with van der Waals surface area (Å²) in [6, 6.07) is 6.96. The second kappa shape index (κ2) is 5.99. The lowest BCUT2D eigenvalue weighted by molar-refractivity contribution is 0.118. The number of aliphatic hydroxyl groups excluding tert-OH is 1. The van der Waals surface area contributed by atoms with Crippen LogP contribution in [0.25, 0.3) is 0 Å². The molecule has 1 fully saturated rings. The van der Waals surface area contributed by atoms with Crippen molar-refractivity contribution in [2.75, 3.05) is 33.7 Å². The van der Waals surface area contributed by atoms with Crippen LogP contribution in [0.3, 0.4) is 0 Å². The molecule has 1 aromatic rings. The minimum Gasteiger partial charge on any atom is -0.387 e. The third kappa shape index (κ3) is 3.32. The largest absolute Gasteiger partial charge is 0.387 e. The van der Waals surface area contributed by atoms with Gasteiger partial charge < -0.3 is 10.0 Å². The van der Waals surface area contributed by atoms with Gasteiger partial charge in [0.05, 0.1) is 6.10 Å². The lowest BCUT2D eigenvalue weighted by Crippen LogP contribution is -2.35. The Morgan fingerprint density at radius 1 is 1.37 bits per heavy atom. The third-order valence-electron chi connectivity index (χ3n) is 4.01. The number of hydrogen-bond donors (Lipinski definition) is 1. The number of rotatable bonds is 4. The van der Waals surface area contributed by atoms with Gasteiger partial charge in [-0.25, -0.2) is 4.39 Å². The Hall–Kier alpha value is -0.970. The van der Waals surface area contributed by atoms with E-state index in [0.717, 1.165) is 13.1 Å². The zero-order valence-electron chi connectivity index (χ0n) is 11.9. The van der Waals surface area contributed by atoms with Crippen LogP contribution in [0.5, 0.6) is 0 Å². The van der Waals surface area contributed by atoms with Gasteiger partial charge in [0, 0.05) is 31.2 Å². The van der Waals surface area contributed by atoms with E-state index in [-0.39, 0.29) is 5.82 Å². The Kier molecular flexibility index (Phi) is 4.55. The Morgan fingerprint density at radius 2 is 2.05 bits per heavy atom. The summed E-state index contributed by atoms with van der Waals surface area (Å²) in [5.41, 5.74) is 0.392. The van der Waals surface area contributed by atoms with Crippen LogP contribution in [0.4, 0.5) is 4.39 Å². The van der Waals surface area contributed by atoms with E-state index in [0.29, 0.717) is 24.1 Å². The van der Waals surface area contributed by atoms with Gasteiger partial charge in [0.25, 0.3) is 0 Å². The first-order valence-electron chi connectivity index (χ1n) is 6.80. The minimum atomic E-state index is -0.755. The molecule has 1 N–H and O–H groups in total. The fourth-order valence-electron chi connectivity index (χ4n) is 2.96. The first-order chi connectivity index (χ1) is 8.99. The molecular weight excluding hydrogens is 243 g/mol. The molecule has 0 spiro atoms. The molecule has 1 saturated heterocycles. The highest BCUT2D eigenvalue weighted by molar-refractivity contribution is 5.20. The van der Waals surface area contributed by atoms with Gasteiger partial charge in [-0.3, -0.25) is 4.90 Å². The molecule has 0 aliphatic carbocycles. The average Bonchev–Trinajstić information content (AvgIpc) is 2.70. The number of likely N-dealkylation sites (tertiary alicyclic amines) is 1. The minimum absolute atomic E-state index is 0.327. The maximum atomic E-state index is 13.6. The van der Waals surface area contributed by atoms with Crippen LogP contribution in [0.2, 0.25) is 0 Å². The monoisotopic (exact) mass is 266 g/mol. The molecule has 0 bridgehead atoms. The molecule has 0 saturated carbocycles. The Bertz CT molecular complexity index is 424. The Balaban J connectivity index is 1.97. The highest BCUT2D eigenvalue weighted by Gasteiger charge is 2.32. The molecule has 3 unspecified atom stereocenters. The van der Waals surface area contributed by atoms with Gasteiger partial charge in [-0.2, -0.15) is 0 Å². The van der Waals surface area contributed by atoms with Crippen molar-refractivity contribution in [3.8, 4) is 0 Å². The van der Waals surface area contributed by atoms with Gasteiger partial charge in [-0.1, -0.05) is 25.1 Å². The molecule has 0 radical (unpaired) electrons. The molecular formula is C15H23FN2O. The van der Waals surface area contributed by atoms with Crippen molar-refractivity contribution in [1.29, 1.82) is 0 Å². The summed E-state index contributed by atoms with van der Waals surface area (Å²) in [6.07, 6.45) is -0.755. The number of β-amino-alcohol motifs (C(OH)–C–C–N with tert-alkyl or cyclic N) is 1. The average molecular weight is 266 g/mol. The Morgan fingerprint density at radius 3 is 2.63 bits per heavy atom. The van der Waals surface area contributed by atoms with Crippen LogP contribution in [-0.4, -0.2) is 54.7 Å². The molecule has 1 aliphatic rings. The van der Waals surface area contributed by atoms with Crippen LogP contribution < -0.4 is 0 Å². The highest BCUT2D eigenvalue weighted by Crippen LogP contribution is 2.24. The van der Waals surface area contributed by atoms with Crippen molar-refractivity contribution < 1.29 is 9.50 Å². The maximum absolute atomic E-state index is 13.6. The predicted molar refractivity (Wildman–Crippen MR) is 74.4 cm³/mol. The van der Waals surface area contributed by atoms with E-state index < -0.39 is 6.10 Å². The summed E-state index contributed by atoms with van der Waals surface area (Å²) in [6.45, 7) is 4.60. The topological polar surface area (TPSA) is 26.7 Å². The summed E-state index contributed by atoms with van der Waals surface area (Å²) < 4.78 is 13.6. The lowest BCUT2D eigenvalue weighted by Gasteiger charge is -2.23. The van der Waals surface area contributed by atoms with E-state index in [1.807, 2.05) is 0 Å². The van der Waals surface area contributed by atoms with Gasteiger partial charge in [0.15, 0.2) is 0 Å². The van der Waals surface area contributed by atoms with Crippen molar-refractivity contribution in [2.24, 2.45) is 5.92 Å². The van der Waals surface area contributed by atoms with E-state index in [1.54, 1.807) is 18.2 Å². The number of hydrogen-bond acceptors (Lipinski definition) is 3. The standard InChI is InChI=1S/C15H23FN2O/c1-11-8-18(9-14(11)17(2)3)10-15(19)12-6-4-5-7-13(12)16/h4-7,11,14-15,19H,8-10H2,1-3H3. The fourth-order valence-corrected chi connectivity index (χ4v) is 2.96. The van der Waals surface area contributed by atoms with Crippen molar-refractivity contribution >= 4 is 0 Å². The second-order valence-electron chi connectivity index (χ2n) is 5.76. The lowest BCUT2D eigenvalue weighted by atomic mass is 10.1. The predicted octanol–water partition coefficient (Wildman–Crippen LogP) is 1.74. The smallest absolute Gasteiger partial charge is 0.129 e. The molecule has 3 nitrogen and oxygen atoms in total. The quantitative estimate of drug-likeness (QED) is 0.899. The van der Waals surface area contributed by atoms with Crippen LogP contribution in [0, 0.1) is 11.7 Å². The molecule has 1 heterocycles. The molecule has 3 atom stereocenters. The molecule has 106 valence electrons. The van der Waals surface area contributed by atoms with E-state index in [2.05, 4.69) is 30.8 Å². The van der Waals surface area contributed by atoms with E-state index in [4.69, 9.17) is 0 Å². The number of likely N-dealkylation sites (N-methyl/N-ethyl adjacent to an activating group) is 1. The molecule has 1 aromatic carbocycles. The van der Waals surface area contributed by atoms with Crippen molar-refractivity contribution in [3.63, 3.8) is 0 Å². The SMILES string of the molecule is CC1CN(CC(O)c2ccccc2F)CC1N(C)C. The number of aliphatic hydroxyl groups is 1. The molecule has 0 aromatic heterocycles. The van der Waals surface area contributed by atoms with Gasteiger partial charge in [0.1, 0.15) is 5.82 Å². The zero-order chi connectivity index (χ0) is 14.0. The number of benzene rings is 1. The summed E-state index contributed by atoms with van der Waals surface area (Å²) in [7, 11) is 4.16. The third-order valence-corrected chi connectivity index (χ3v) is 4.01. The van der Waals surface area contributed by atoms with Crippen molar-refractivity contribution in [1.82, 2.24) is 9.80 Å². The van der Waals surface area contributed by atoms with Crippen LogP contribution in [0.1, 0.15) is 18.6 Å². The molecule has 19 heavy (non-hydrogen) atoms.